The van der Waals surface area contributed by atoms with Crippen LogP contribution in [0.5, 0.6) is 46.0 Å². The monoisotopic (exact) mass is 2010 g/mol. The number of nitrogens with two attached hydrogens (primary N) is 1. The number of amides is 3. The van der Waals surface area contributed by atoms with Crippen molar-refractivity contribution in [2.75, 3.05) is 25.4 Å². The number of nitro benzene ring substituents is 2. The largest absolute Gasteiger partial charge is 0.453 e. The zero-order valence-electron chi connectivity index (χ0n) is 78.3. The molecule has 3 aliphatic heterocycles. The van der Waals surface area contributed by atoms with Crippen LogP contribution in [0.2, 0.25) is 0 Å². The lowest BCUT2D eigenvalue weighted by Crippen LogP contribution is -2.23. The van der Waals surface area contributed by atoms with E-state index in [0.717, 1.165) is 170 Å². The van der Waals surface area contributed by atoms with Gasteiger partial charge >= 0.3 is 0 Å². The molecule has 3 amide bonds. The molecular weight excluding hydrogens is 1910 g/mol. The normalized spacial score (nSPS) is 12.7. The summed E-state index contributed by atoms with van der Waals surface area (Å²) >= 11 is 11.9. The zero-order valence-corrected chi connectivity index (χ0v) is 82.3. The molecule has 11 heterocycles. The number of nitrogen functional groups attached to an aromatic ring is 1. The van der Waals surface area contributed by atoms with E-state index in [4.69, 9.17) is 36.3 Å². The van der Waals surface area contributed by atoms with Crippen molar-refractivity contribution >= 4 is 150 Å². The molecule has 728 valence electrons. The van der Waals surface area contributed by atoms with Gasteiger partial charge in [-0.05, 0) is 163 Å². The number of halogens is 5. The van der Waals surface area contributed by atoms with E-state index in [2.05, 4.69) is 80.4 Å². The van der Waals surface area contributed by atoms with Crippen molar-refractivity contribution in [3.05, 3.63) is 314 Å². The quantitative estimate of drug-likeness (QED) is 0.00865. The summed E-state index contributed by atoms with van der Waals surface area (Å²) in [4.78, 5) is 118. The van der Waals surface area contributed by atoms with E-state index >= 15 is 0 Å². The number of rotatable bonds is 29. The number of anilines is 1. The Bertz CT molecular complexity index is 7300. The number of hydrogen-bond acceptors (Lipinski definition) is 24. The van der Waals surface area contributed by atoms with Crippen LogP contribution in [0.4, 0.5) is 34.6 Å². The third kappa shape index (κ3) is 27.6. The molecule has 0 unspecified atom stereocenters. The smallest absolute Gasteiger partial charge is 0.272 e. The summed E-state index contributed by atoms with van der Waals surface area (Å²) in [6.45, 7) is 15.7. The summed E-state index contributed by atoms with van der Waals surface area (Å²) < 4.78 is 84.0. The van der Waals surface area contributed by atoms with Crippen LogP contribution in [0.3, 0.4) is 0 Å². The number of nitrogens with zero attached hydrogens (tertiary/aromatic N) is 10. The van der Waals surface area contributed by atoms with Crippen molar-refractivity contribution < 1.29 is 75.1 Å². The zero-order chi connectivity index (χ0) is 101. The number of ether oxygens (including phenoxy) is 4. The molecule has 2 N–H and O–H groups in total. The summed E-state index contributed by atoms with van der Waals surface area (Å²) in [5.74, 6) is 1.18. The highest BCUT2D eigenvalue weighted by Crippen LogP contribution is 2.46. The minimum atomic E-state index is -0.807. The highest BCUT2D eigenvalue weighted by Gasteiger charge is 2.26. The molecule has 3 fully saturated rings. The van der Waals surface area contributed by atoms with E-state index < -0.39 is 33.1 Å². The van der Waals surface area contributed by atoms with Gasteiger partial charge in [0.05, 0.1) is 68.9 Å². The summed E-state index contributed by atoms with van der Waals surface area (Å²) in [6.07, 6.45) is 16.2. The van der Waals surface area contributed by atoms with Gasteiger partial charge in [0, 0.05) is 176 Å². The third-order valence-corrected chi connectivity index (χ3v) is 27.6. The first-order valence-corrected chi connectivity index (χ1v) is 49.6. The number of fused-ring (bicyclic) bond motifs is 4. The highest BCUT2D eigenvalue weighted by molar-refractivity contribution is 7.23. The number of aromatic nitrogens is 4. The van der Waals surface area contributed by atoms with E-state index in [0.29, 0.717) is 96.7 Å². The summed E-state index contributed by atoms with van der Waals surface area (Å²) in [5.41, 5.74) is 17.4. The Kier molecular flexibility index (Phi) is 35.4. The fourth-order valence-electron chi connectivity index (χ4n) is 15.4. The molecule has 0 aliphatic carbocycles. The molecule has 25 nitrogen and oxygen atoms in total. The number of carbonyl (C=O) groups is 5. The second-order valence-corrected chi connectivity index (χ2v) is 38.7. The van der Waals surface area contributed by atoms with Crippen molar-refractivity contribution in [1.82, 2.24) is 34.6 Å². The second-order valence-electron chi connectivity index (χ2n) is 34.3. The highest BCUT2D eigenvalue weighted by atomic mass is 35.5. The minimum absolute atomic E-state index is 0.0838. The van der Waals surface area contributed by atoms with Gasteiger partial charge in [-0.3, -0.25) is 59.3 Å². The van der Waals surface area contributed by atoms with Gasteiger partial charge in [-0.25, -0.2) is 27.3 Å². The standard InChI is InChI=1S/C30H29FN2O3S.C24H18FN3O4S.C24H20FN3O2S.C20H12ClFN2O3S.C6H12O.C4H7NO/c1-19(2)14-23(34)15-21-7-10-26(24(31)16-21)36-27-11-12-32-25-17-28(37-30(25)27)22-8-5-20(6-9-22)18-33-13-3-4-29(33)35;25-18-12-17(28(30)31)7-8-20(18)32-21-9-10-26-19-13-22(33-24(19)21)16-5-3-15(4-6-16)14-27-11-1-2-23(27)29;25-18-12-17(26)7-8-20(18)30-21-9-10-27-19-13-22(31-24(19)21)16-5-3-15(4-6-16)14-28-11-1-2-23(28)29;21-11-12-1-3-13(4-2-12)19-10-16-20(28-19)18(7-8-23-16)27-17-6-5-14(24(25)26)9-15(17)22;1-3-4-5-6(2)7;1-4(2)5-3-6/h5-12,16-17,19H,3-4,13-15,18H2,1-2H3;3-10,12-13H,1-2,11,14H2;3-10,12-13H,1-2,11,14,26H2;1-10H,11H2;3-5H2,1-2H3;4H,1-2H3. The predicted molar refractivity (Wildman–Crippen MR) is 549 cm³/mol. The van der Waals surface area contributed by atoms with Crippen LogP contribution in [-0.4, -0.2) is 106 Å². The number of aliphatic imine (C=N–C) groups is 1. The lowest BCUT2D eigenvalue weighted by atomic mass is 10.0. The lowest BCUT2D eigenvalue weighted by Gasteiger charge is -2.15. The summed E-state index contributed by atoms with van der Waals surface area (Å²) in [5, 5.41) is 21.6. The topological polar surface area (TPSA) is 325 Å². The minimum Gasteiger partial charge on any atom is -0.453 e. The first-order chi connectivity index (χ1) is 68.5. The van der Waals surface area contributed by atoms with Gasteiger partial charge in [0.15, 0.2) is 46.3 Å². The van der Waals surface area contributed by atoms with Crippen molar-refractivity contribution in [2.24, 2.45) is 10.9 Å². The Morgan fingerprint density at radius 3 is 1.03 bits per heavy atom. The van der Waals surface area contributed by atoms with Gasteiger partial charge in [0.2, 0.25) is 23.8 Å². The maximum Gasteiger partial charge on any atom is 0.272 e. The van der Waals surface area contributed by atoms with Crippen LogP contribution < -0.4 is 24.7 Å². The summed E-state index contributed by atoms with van der Waals surface area (Å²) in [6, 6.07) is 62.8. The van der Waals surface area contributed by atoms with Crippen molar-refractivity contribution in [2.45, 2.75) is 144 Å². The predicted octanol–water partition coefficient (Wildman–Crippen LogP) is 27.7. The number of carbonyl (C=O) groups excluding carboxylic acids is 6. The lowest BCUT2D eigenvalue weighted by molar-refractivity contribution is -0.385. The molecule has 16 aromatic rings. The maximum absolute atomic E-state index is 14.9. The molecule has 0 radical (unpaired) electrons. The molecule has 0 saturated carbocycles. The van der Waals surface area contributed by atoms with Crippen molar-refractivity contribution in [3.63, 3.8) is 0 Å². The van der Waals surface area contributed by atoms with Crippen LogP contribution in [0.15, 0.2) is 248 Å². The van der Waals surface area contributed by atoms with Crippen LogP contribution in [-0.2, 0) is 60.7 Å². The maximum atomic E-state index is 14.9. The molecule has 0 atom stereocenters. The van der Waals surface area contributed by atoms with Crippen LogP contribution >= 0.6 is 56.9 Å². The SMILES string of the molecule is CC(C)CC(=O)Cc1ccc(Oc2ccnc3cc(-c4ccc(CN5CCCC5=O)cc4)sc23)c(F)c1.CC(C)N=C=O.CCCCC(C)=O.Nc1ccc(Oc2ccnc3cc(-c4ccc(CN5CCCC5=O)cc4)sc23)c(F)c1.O=C1CCCN1Cc1ccc(-c2cc3nccc(Oc4ccc([N+](=O)[O-])cc4F)c3s2)cc1.O=[N+]([O-])c1ccc(Oc2ccnc3cc(-c4ccc(CCl)cc4)sc23)c(F)c1. The molecule has 0 bridgehead atoms. The molecule has 34 heteroatoms. The van der Waals surface area contributed by atoms with Gasteiger partial charge in [0.25, 0.3) is 11.4 Å². The van der Waals surface area contributed by atoms with Gasteiger partial charge in [-0.1, -0.05) is 130 Å². The molecule has 19 rings (SSSR count). The number of ketones is 2. The number of non-ortho nitro benzene ring substituents is 2. The Hall–Kier alpha value is -14.9. The van der Waals surface area contributed by atoms with E-state index in [1.54, 1.807) is 85.5 Å². The Balaban J connectivity index is 0.000000144. The number of pyridine rings is 4. The number of Topliss-reactive ketones (excluding diaryl/α,β-unsaturated/α-hetero) is 2. The average Bonchev–Trinajstić information content (AvgIpc) is 1.67. The van der Waals surface area contributed by atoms with Gasteiger partial charge in [-0.2, -0.15) is 0 Å². The number of nitro groups is 2. The molecule has 0 spiro atoms. The second kappa shape index (κ2) is 48.8. The van der Waals surface area contributed by atoms with E-state index in [1.165, 1.54) is 82.6 Å². The molecular formula is C108H98ClF4N11O14S4. The van der Waals surface area contributed by atoms with E-state index in [9.17, 15) is 66.6 Å². The van der Waals surface area contributed by atoms with Crippen LogP contribution in [0, 0.1) is 49.4 Å². The Morgan fingerprint density at radius 1 is 0.451 bits per heavy atom. The van der Waals surface area contributed by atoms with Crippen LogP contribution in [0.25, 0.3) is 82.6 Å². The molecule has 8 aromatic carbocycles. The fourth-order valence-corrected chi connectivity index (χ4v) is 19.8. The number of alkyl halides is 1. The third-order valence-electron chi connectivity index (χ3n) is 22.6. The average molecular weight is 2010 g/mol. The van der Waals surface area contributed by atoms with Crippen LogP contribution in [0.1, 0.15) is 134 Å². The van der Waals surface area contributed by atoms with Gasteiger partial charge in [0.1, 0.15) is 34.6 Å². The first-order valence-electron chi connectivity index (χ1n) is 45.8. The van der Waals surface area contributed by atoms with E-state index in [1.807, 2.05) is 115 Å². The molecule has 3 aliphatic rings. The van der Waals surface area contributed by atoms with E-state index in [-0.39, 0.29) is 76.3 Å². The molecule has 8 aromatic heterocycles. The number of thiophene rings is 4. The number of hydrogen-bond donors (Lipinski definition) is 1. The Labute approximate surface area is 836 Å². The van der Waals surface area contributed by atoms with Crippen molar-refractivity contribution in [1.29, 1.82) is 0 Å². The number of unbranched alkanes of at least 4 members (excludes halogenated alkanes) is 1. The Morgan fingerprint density at radius 2 is 0.768 bits per heavy atom. The van der Waals surface area contributed by atoms with Crippen molar-refractivity contribution in [3.8, 4) is 87.8 Å². The van der Waals surface area contributed by atoms with Gasteiger partial charge < -0.3 is 44.2 Å². The fraction of sp³-hybridized carbons (Fsp3) is 0.241. The first kappa shape index (κ1) is 103. The number of benzene rings is 8. The number of isocyanates is 1. The number of likely N-dealkylation sites (tertiary alicyclic amines) is 3. The molecule has 142 heavy (non-hydrogen) atoms. The molecule has 3 saturated heterocycles. The van der Waals surface area contributed by atoms with Gasteiger partial charge in [-0.15, -0.1) is 56.9 Å². The summed E-state index contributed by atoms with van der Waals surface area (Å²) in [7, 11) is 0.